The molecule has 3 nitrogen and oxygen atoms in total. The van der Waals surface area contributed by atoms with Crippen LogP contribution in [0.3, 0.4) is 0 Å². The van der Waals surface area contributed by atoms with Gasteiger partial charge in [-0.3, -0.25) is 4.79 Å². The molecule has 1 amide bonds. The molecule has 1 aromatic heterocycles. The van der Waals surface area contributed by atoms with E-state index in [1.807, 2.05) is 29.6 Å². The summed E-state index contributed by atoms with van der Waals surface area (Å²) in [4.78, 5) is 16.5. The Morgan fingerprint density at radius 1 is 1.09 bits per heavy atom. The van der Waals surface area contributed by atoms with E-state index >= 15 is 0 Å². The van der Waals surface area contributed by atoms with Crippen molar-refractivity contribution in [3.8, 4) is 10.6 Å². The van der Waals surface area contributed by atoms with Gasteiger partial charge in [-0.2, -0.15) is 0 Å². The number of carbonyl (C=O) groups excluding carboxylic acids is 1. The van der Waals surface area contributed by atoms with Crippen LogP contribution in [0.5, 0.6) is 0 Å². The standard InChI is InChI=1S/C16H10Cl2N2OS/c17-11-3-6-13(14(18)9-11)15(21)20-12-4-1-10(2-5-12)16-19-7-8-22-16/h1-9H,(H,20,21). The first kappa shape index (κ1) is 15.0. The summed E-state index contributed by atoms with van der Waals surface area (Å²) in [5, 5.41) is 6.49. The first-order valence-electron chi connectivity index (χ1n) is 6.40. The first-order valence-corrected chi connectivity index (χ1v) is 8.03. The van der Waals surface area contributed by atoms with Crippen LogP contribution in [0.4, 0.5) is 5.69 Å². The topological polar surface area (TPSA) is 42.0 Å². The summed E-state index contributed by atoms with van der Waals surface area (Å²) >= 11 is 13.4. The Kier molecular flexibility index (Phi) is 4.43. The summed E-state index contributed by atoms with van der Waals surface area (Å²) in [5.74, 6) is -0.274. The highest BCUT2D eigenvalue weighted by Gasteiger charge is 2.11. The molecule has 0 fully saturated rings. The first-order chi connectivity index (χ1) is 10.6. The van der Waals surface area contributed by atoms with Crippen LogP contribution in [-0.2, 0) is 0 Å². The van der Waals surface area contributed by atoms with Gasteiger partial charge in [0.05, 0.1) is 10.6 Å². The molecule has 3 aromatic rings. The number of aromatic nitrogens is 1. The lowest BCUT2D eigenvalue weighted by molar-refractivity contribution is 0.102. The number of hydrogen-bond donors (Lipinski definition) is 1. The normalized spacial score (nSPS) is 10.5. The zero-order chi connectivity index (χ0) is 15.5. The van der Waals surface area contributed by atoms with Crippen LogP contribution in [0.15, 0.2) is 54.0 Å². The van der Waals surface area contributed by atoms with Gasteiger partial charge in [0.2, 0.25) is 0 Å². The van der Waals surface area contributed by atoms with E-state index in [0.29, 0.717) is 21.3 Å². The molecule has 0 unspecified atom stereocenters. The van der Waals surface area contributed by atoms with Crippen molar-refractivity contribution in [2.45, 2.75) is 0 Å². The predicted molar refractivity (Wildman–Crippen MR) is 92.0 cm³/mol. The van der Waals surface area contributed by atoms with Crippen molar-refractivity contribution in [1.29, 1.82) is 0 Å². The maximum Gasteiger partial charge on any atom is 0.257 e. The number of thiazole rings is 1. The second-order valence-electron chi connectivity index (χ2n) is 4.49. The van der Waals surface area contributed by atoms with Gasteiger partial charge in [0.1, 0.15) is 5.01 Å². The molecule has 0 bridgehead atoms. The fraction of sp³-hybridized carbons (Fsp3) is 0. The van der Waals surface area contributed by atoms with Gasteiger partial charge in [0.15, 0.2) is 0 Å². The fourth-order valence-corrected chi connectivity index (χ4v) is 3.07. The van der Waals surface area contributed by atoms with Crippen LogP contribution in [0.25, 0.3) is 10.6 Å². The van der Waals surface area contributed by atoms with Crippen molar-refractivity contribution in [3.63, 3.8) is 0 Å². The maximum atomic E-state index is 12.2. The van der Waals surface area contributed by atoms with E-state index < -0.39 is 0 Å². The molecule has 0 aliphatic heterocycles. The molecule has 0 aliphatic rings. The lowest BCUT2D eigenvalue weighted by atomic mass is 10.2. The number of nitrogens with one attached hydrogen (secondary N) is 1. The summed E-state index contributed by atoms with van der Waals surface area (Å²) in [7, 11) is 0. The van der Waals surface area contributed by atoms with E-state index in [1.54, 1.807) is 35.7 Å². The summed E-state index contributed by atoms with van der Waals surface area (Å²) in [5.41, 5.74) is 2.09. The summed E-state index contributed by atoms with van der Waals surface area (Å²) < 4.78 is 0. The van der Waals surface area contributed by atoms with Crippen LogP contribution in [-0.4, -0.2) is 10.9 Å². The van der Waals surface area contributed by atoms with Gasteiger partial charge in [-0.25, -0.2) is 4.98 Å². The molecule has 0 aliphatic carbocycles. The fourth-order valence-electron chi connectivity index (χ4n) is 1.93. The third-order valence-electron chi connectivity index (χ3n) is 3.00. The van der Waals surface area contributed by atoms with E-state index in [2.05, 4.69) is 10.3 Å². The van der Waals surface area contributed by atoms with Gasteiger partial charge in [0, 0.05) is 27.9 Å². The molecular formula is C16H10Cl2N2OS. The van der Waals surface area contributed by atoms with E-state index in [0.717, 1.165) is 10.6 Å². The van der Waals surface area contributed by atoms with Crippen LogP contribution in [0, 0.1) is 0 Å². The highest BCUT2D eigenvalue weighted by atomic mass is 35.5. The summed E-state index contributed by atoms with van der Waals surface area (Å²) in [6.45, 7) is 0. The number of nitrogens with zero attached hydrogens (tertiary/aromatic N) is 1. The highest BCUT2D eigenvalue weighted by Crippen LogP contribution is 2.25. The second-order valence-corrected chi connectivity index (χ2v) is 6.23. The quantitative estimate of drug-likeness (QED) is 0.691. The monoisotopic (exact) mass is 348 g/mol. The van der Waals surface area contributed by atoms with Gasteiger partial charge < -0.3 is 5.32 Å². The summed E-state index contributed by atoms with van der Waals surface area (Å²) in [6.07, 6.45) is 1.76. The average Bonchev–Trinajstić information content (AvgIpc) is 3.02. The minimum absolute atomic E-state index is 0.274. The van der Waals surface area contributed by atoms with Gasteiger partial charge >= 0.3 is 0 Å². The van der Waals surface area contributed by atoms with Crippen LogP contribution < -0.4 is 5.32 Å². The predicted octanol–water partition coefficient (Wildman–Crippen LogP) is 5.37. The number of anilines is 1. The van der Waals surface area contributed by atoms with Crippen molar-refractivity contribution < 1.29 is 4.79 Å². The molecule has 0 saturated heterocycles. The van der Waals surface area contributed by atoms with Crippen molar-refractivity contribution >= 4 is 46.1 Å². The Labute approximate surface area is 141 Å². The molecule has 3 rings (SSSR count). The van der Waals surface area contributed by atoms with Crippen LogP contribution >= 0.6 is 34.5 Å². The van der Waals surface area contributed by atoms with Crippen molar-refractivity contribution in [2.24, 2.45) is 0 Å². The van der Waals surface area contributed by atoms with E-state index in [4.69, 9.17) is 23.2 Å². The Balaban J connectivity index is 1.77. The number of benzene rings is 2. The lowest BCUT2D eigenvalue weighted by Crippen LogP contribution is -2.12. The van der Waals surface area contributed by atoms with Crippen molar-refractivity contribution in [2.75, 3.05) is 5.32 Å². The molecule has 6 heteroatoms. The van der Waals surface area contributed by atoms with Crippen LogP contribution in [0.1, 0.15) is 10.4 Å². The molecule has 0 spiro atoms. The molecule has 22 heavy (non-hydrogen) atoms. The third kappa shape index (κ3) is 3.30. The minimum atomic E-state index is -0.274. The molecule has 0 radical (unpaired) electrons. The lowest BCUT2D eigenvalue weighted by Gasteiger charge is -2.07. The number of rotatable bonds is 3. The van der Waals surface area contributed by atoms with Gasteiger partial charge in [-0.15, -0.1) is 11.3 Å². The highest BCUT2D eigenvalue weighted by molar-refractivity contribution is 7.13. The van der Waals surface area contributed by atoms with Gasteiger partial charge in [-0.05, 0) is 42.5 Å². The Morgan fingerprint density at radius 2 is 1.86 bits per heavy atom. The largest absolute Gasteiger partial charge is 0.322 e. The zero-order valence-corrected chi connectivity index (χ0v) is 13.5. The Morgan fingerprint density at radius 3 is 2.50 bits per heavy atom. The molecule has 0 atom stereocenters. The van der Waals surface area contributed by atoms with E-state index in [-0.39, 0.29) is 5.91 Å². The number of hydrogen-bond acceptors (Lipinski definition) is 3. The molecule has 1 N–H and O–H groups in total. The van der Waals surface area contributed by atoms with Gasteiger partial charge in [-0.1, -0.05) is 23.2 Å². The number of halogens is 2. The Hall–Kier alpha value is -1.88. The van der Waals surface area contributed by atoms with Gasteiger partial charge in [0.25, 0.3) is 5.91 Å². The summed E-state index contributed by atoms with van der Waals surface area (Å²) in [6, 6.07) is 12.3. The van der Waals surface area contributed by atoms with Crippen molar-refractivity contribution in [1.82, 2.24) is 4.98 Å². The third-order valence-corrected chi connectivity index (χ3v) is 4.37. The minimum Gasteiger partial charge on any atom is -0.322 e. The van der Waals surface area contributed by atoms with Crippen LogP contribution in [0.2, 0.25) is 10.0 Å². The molecule has 110 valence electrons. The van der Waals surface area contributed by atoms with E-state index in [9.17, 15) is 4.79 Å². The molecule has 2 aromatic carbocycles. The number of amides is 1. The second kappa shape index (κ2) is 6.48. The number of carbonyl (C=O) groups is 1. The Bertz CT molecular complexity index is 802. The SMILES string of the molecule is O=C(Nc1ccc(-c2nccs2)cc1)c1ccc(Cl)cc1Cl. The zero-order valence-electron chi connectivity index (χ0n) is 11.2. The van der Waals surface area contributed by atoms with Crippen molar-refractivity contribution in [3.05, 3.63) is 69.7 Å². The molecule has 0 saturated carbocycles. The molecule has 1 heterocycles. The molecular weight excluding hydrogens is 339 g/mol. The van der Waals surface area contributed by atoms with E-state index in [1.165, 1.54) is 0 Å². The maximum absolute atomic E-state index is 12.2. The smallest absolute Gasteiger partial charge is 0.257 e. The average molecular weight is 349 g/mol.